The number of amides is 1. The van der Waals surface area contributed by atoms with Crippen LogP contribution in [0.4, 0.5) is 4.79 Å². The Morgan fingerprint density at radius 3 is 2.50 bits per heavy atom. The van der Waals surface area contributed by atoms with Crippen LogP contribution in [0.3, 0.4) is 0 Å². The summed E-state index contributed by atoms with van der Waals surface area (Å²) >= 11 is 0. The molecule has 0 aliphatic heterocycles. The van der Waals surface area contributed by atoms with Crippen LogP contribution in [0, 0.1) is 0 Å². The van der Waals surface area contributed by atoms with Gasteiger partial charge in [-0.15, -0.1) is 0 Å². The lowest BCUT2D eigenvalue weighted by molar-refractivity contribution is -0.138. The van der Waals surface area contributed by atoms with Crippen LogP contribution < -0.4 is 4.74 Å². The fraction of sp³-hybridized carbons (Fsp3) is 0.467. The average molecular weight is 279 g/mol. The number of nitrogens with zero attached hydrogens (tertiary/aromatic N) is 1. The monoisotopic (exact) mass is 279 g/mol. The number of carboxylic acids is 1. The molecule has 0 saturated carbocycles. The standard InChI is InChI=1S/C15H21NO4/c1-3-4-10-16(12(2)11-14(17)18)15(19)20-13-8-6-5-7-9-13/h5-9,12H,3-4,10-11H2,1-2H3,(H,17,18). The van der Waals surface area contributed by atoms with E-state index < -0.39 is 18.1 Å². The van der Waals surface area contributed by atoms with Gasteiger partial charge in [0.2, 0.25) is 0 Å². The second-order valence-corrected chi connectivity index (χ2v) is 4.67. The van der Waals surface area contributed by atoms with E-state index in [0.717, 1.165) is 12.8 Å². The van der Waals surface area contributed by atoms with Crippen LogP contribution in [0.15, 0.2) is 30.3 Å². The Hall–Kier alpha value is -2.04. The van der Waals surface area contributed by atoms with Gasteiger partial charge in [-0.05, 0) is 25.5 Å². The first kappa shape index (κ1) is 16.0. The second kappa shape index (κ2) is 8.19. The van der Waals surface area contributed by atoms with E-state index >= 15 is 0 Å². The number of carbonyl (C=O) groups is 2. The lowest BCUT2D eigenvalue weighted by Gasteiger charge is -2.27. The van der Waals surface area contributed by atoms with E-state index in [-0.39, 0.29) is 6.42 Å². The fourth-order valence-corrected chi connectivity index (χ4v) is 1.83. The van der Waals surface area contributed by atoms with Crippen LogP contribution in [-0.4, -0.2) is 34.7 Å². The molecule has 0 aromatic heterocycles. The number of ether oxygens (including phenoxy) is 1. The van der Waals surface area contributed by atoms with Crippen molar-refractivity contribution < 1.29 is 19.4 Å². The summed E-state index contributed by atoms with van der Waals surface area (Å²) in [6.45, 7) is 4.23. The zero-order chi connectivity index (χ0) is 15.0. The highest BCUT2D eigenvalue weighted by molar-refractivity contribution is 5.73. The van der Waals surface area contributed by atoms with E-state index in [2.05, 4.69) is 0 Å². The van der Waals surface area contributed by atoms with E-state index in [0.29, 0.717) is 12.3 Å². The molecule has 0 radical (unpaired) electrons. The van der Waals surface area contributed by atoms with E-state index in [1.54, 1.807) is 31.2 Å². The van der Waals surface area contributed by atoms with Crippen molar-refractivity contribution in [3.63, 3.8) is 0 Å². The Kier molecular flexibility index (Phi) is 6.56. The van der Waals surface area contributed by atoms with E-state index in [4.69, 9.17) is 9.84 Å². The lowest BCUT2D eigenvalue weighted by Crippen LogP contribution is -2.42. The number of hydrogen-bond acceptors (Lipinski definition) is 3. The number of hydrogen-bond donors (Lipinski definition) is 1. The van der Waals surface area contributed by atoms with Crippen LogP contribution in [0.5, 0.6) is 5.75 Å². The fourth-order valence-electron chi connectivity index (χ4n) is 1.83. The Balaban J connectivity index is 2.70. The minimum Gasteiger partial charge on any atom is -0.481 e. The number of carboxylic acid groups (broad SMARTS) is 1. The van der Waals surface area contributed by atoms with E-state index in [1.807, 2.05) is 13.0 Å². The summed E-state index contributed by atoms with van der Waals surface area (Å²) < 4.78 is 5.27. The summed E-state index contributed by atoms with van der Waals surface area (Å²) in [5, 5.41) is 8.85. The Bertz CT molecular complexity index is 433. The first-order valence-electron chi connectivity index (χ1n) is 6.80. The van der Waals surface area contributed by atoms with Gasteiger partial charge in [0.1, 0.15) is 5.75 Å². The first-order chi connectivity index (χ1) is 9.54. The van der Waals surface area contributed by atoms with Crippen molar-refractivity contribution in [3.8, 4) is 5.75 Å². The predicted octanol–water partition coefficient (Wildman–Crippen LogP) is 3.15. The van der Waals surface area contributed by atoms with Gasteiger partial charge in [-0.2, -0.15) is 0 Å². The first-order valence-corrected chi connectivity index (χ1v) is 6.80. The Morgan fingerprint density at radius 2 is 1.95 bits per heavy atom. The molecule has 5 heteroatoms. The molecule has 1 amide bonds. The maximum absolute atomic E-state index is 12.2. The largest absolute Gasteiger partial charge is 0.481 e. The van der Waals surface area contributed by atoms with Crippen LogP contribution in [0.25, 0.3) is 0 Å². The van der Waals surface area contributed by atoms with Gasteiger partial charge in [0, 0.05) is 12.6 Å². The number of unbranched alkanes of at least 4 members (excludes halogenated alkanes) is 1. The molecular formula is C15H21NO4. The summed E-state index contributed by atoms with van der Waals surface area (Å²) in [5.41, 5.74) is 0. The molecule has 110 valence electrons. The molecule has 0 spiro atoms. The van der Waals surface area contributed by atoms with Crippen molar-refractivity contribution in [1.29, 1.82) is 0 Å². The molecule has 1 rings (SSSR count). The molecular weight excluding hydrogens is 258 g/mol. The van der Waals surface area contributed by atoms with Crippen molar-refractivity contribution in [2.75, 3.05) is 6.54 Å². The molecule has 0 bridgehead atoms. The molecule has 20 heavy (non-hydrogen) atoms. The third kappa shape index (κ3) is 5.30. The molecule has 0 aliphatic rings. The van der Waals surface area contributed by atoms with Gasteiger partial charge >= 0.3 is 12.1 Å². The van der Waals surface area contributed by atoms with E-state index in [1.165, 1.54) is 4.90 Å². The maximum Gasteiger partial charge on any atom is 0.415 e. The molecule has 0 fully saturated rings. The average Bonchev–Trinajstić information content (AvgIpc) is 2.39. The Labute approximate surface area is 119 Å². The number of rotatable bonds is 7. The van der Waals surface area contributed by atoms with Crippen molar-refractivity contribution in [2.45, 2.75) is 39.2 Å². The summed E-state index contributed by atoms with van der Waals surface area (Å²) in [6.07, 6.45) is 1.15. The van der Waals surface area contributed by atoms with Crippen molar-refractivity contribution in [2.24, 2.45) is 0 Å². The highest BCUT2D eigenvalue weighted by atomic mass is 16.6. The Morgan fingerprint density at radius 1 is 1.30 bits per heavy atom. The van der Waals surface area contributed by atoms with Crippen molar-refractivity contribution >= 4 is 12.1 Å². The molecule has 1 N–H and O–H groups in total. The number of aliphatic carboxylic acids is 1. The summed E-state index contributed by atoms with van der Waals surface area (Å²) in [4.78, 5) is 24.4. The van der Waals surface area contributed by atoms with Crippen LogP contribution in [0.2, 0.25) is 0 Å². The third-order valence-electron chi connectivity index (χ3n) is 2.94. The maximum atomic E-state index is 12.2. The van der Waals surface area contributed by atoms with Crippen LogP contribution >= 0.6 is 0 Å². The number of para-hydroxylation sites is 1. The molecule has 0 aliphatic carbocycles. The zero-order valence-corrected chi connectivity index (χ0v) is 11.9. The third-order valence-corrected chi connectivity index (χ3v) is 2.94. The second-order valence-electron chi connectivity index (χ2n) is 4.67. The van der Waals surface area contributed by atoms with Gasteiger partial charge in [-0.3, -0.25) is 4.79 Å². The van der Waals surface area contributed by atoms with Crippen LogP contribution in [-0.2, 0) is 4.79 Å². The van der Waals surface area contributed by atoms with Gasteiger partial charge in [0.15, 0.2) is 0 Å². The van der Waals surface area contributed by atoms with Crippen LogP contribution in [0.1, 0.15) is 33.1 Å². The van der Waals surface area contributed by atoms with Gasteiger partial charge < -0.3 is 14.7 Å². The number of benzene rings is 1. The summed E-state index contributed by atoms with van der Waals surface area (Å²) in [5.74, 6) is -0.465. The van der Waals surface area contributed by atoms with Crippen molar-refractivity contribution in [3.05, 3.63) is 30.3 Å². The lowest BCUT2D eigenvalue weighted by atomic mass is 10.2. The smallest absolute Gasteiger partial charge is 0.415 e. The van der Waals surface area contributed by atoms with Gasteiger partial charge in [0.05, 0.1) is 6.42 Å². The molecule has 0 saturated heterocycles. The minimum absolute atomic E-state index is 0.0897. The van der Waals surface area contributed by atoms with Gasteiger partial charge in [0.25, 0.3) is 0 Å². The molecule has 1 atom stereocenters. The molecule has 1 aromatic rings. The van der Waals surface area contributed by atoms with Gasteiger partial charge in [-0.1, -0.05) is 31.5 Å². The van der Waals surface area contributed by atoms with Crippen molar-refractivity contribution in [1.82, 2.24) is 4.90 Å². The van der Waals surface area contributed by atoms with Gasteiger partial charge in [-0.25, -0.2) is 4.79 Å². The normalized spacial score (nSPS) is 11.7. The molecule has 1 aromatic carbocycles. The zero-order valence-electron chi connectivity index (χ0n) is 11.9. The topological polar surface area (TPSA) is 66.8 Å². The summed E-state index contributed by atoms with van der Waals surface area (Å²) in [6, 6.07) is 8.38. The molecule has 5 nitrogen and oxygen atoms in total. The molecule has 1 unspecified atom stereocenters. The molecule has 0 heterocycles. The minimum atomic E-state index is -0.925. The SMILES string of the molecule is CCCCN(C(=O)Oc1ccccc1)C(C)CC(=O)O. The van der Waals surface area contributed by atoms with E-state index in [9.17, 15) is 9.59 Å². The quantitative estimate of drug-likeness (QED) is 0.832. The number of carbonyl (C=O) groups excluding carboxylic acids is 1. The highest BCUT2D eigenvalue weighted by Gasteiger charge is 2.23. The summed E-state index contributed by atoms with van der Waals surface area (Å²) in [7, 11) is 0. The highest BCUT2D eigenvalue weighted by Crippen LogP contribution is 2.13. The predicted molar refractivity (Wildman–Crippen MR) is 75.8 cm³/mol.